The van der Waals surface area contributed by atoms with Crippen molar-refractivity contribution in [1.82, 2.24) is 9.55 Å². The number of nitrogens with zero attached hydrogens (tertiary/aromatic N) is 3. The first-order valence-electron chi connectivity index (χ1n) is 8.61. The highest BCUT2D eigenvalue weighted by Crippen LogP contribution is 2.29. The lowest BCUT2D eigenvalue weighted by Crippen LogP contribution is -2.28. The van der Waals surface area contributed by atoms with Gasteiger partial charge in [-0.25, -0.2) is 4.98 Å². The van der Waals surface area contributed by atoms with Gasteiger partial charge >= 0.3 is 0 Å². The lowest BCUT2D eigenvalue weighted by Gasteiger charge is -2.08. The molecule has 2 aromatic heterocycles. The van der Waals surface area contributed by atoms with Crippen molar-refractivity contribution in [2.45, 2.75) is 6.54 Å². The molecule has 2 heterocycles. The van der Waals surface area contributed by atoms with Crippen LogP contribution in [0, 0.1) is 10.1 Å². The maximum atomic E-state index is 12.7. The molecule has 0 aliphatic rings. The molecule has 0 bridgehead atoms. The lowest BCUT2D eigenvalue weighted by molar-refractivity contribution is -0.384. The summed E-state index contributed by atoms with van der Waals surface area (Å²) in [6.45, 7) is 0.353. The number of amides is 1. The van der Waals surface area contributed by atoms with E-state index in [1.165, 1.54) is 28.8 Å². The van der Waals surface area contributed by atoms with Gasteiger partial charge in [-0.3, -0.25) is 25.0 Å². The van der Waals surface area contributed by atoms with E-state index < -0.39 is 16.4 Å². The van der Waals surface area contributed by atoms with E-state index in [1.807, 2.05) is 30.3 Å². The molecule has 1 N–H and O–H groups in total. The van der Waals surface area contributed by atoms with Gasteiger partial charge in [0.25, 0.3) is 17.2 Å². The molecule has 0 saturated heterocycles. The summed E-state index contributed by atoms with van der Waals surface area (Å²) >= 11 is 1.11. The third kappa shape index (κ3) is 3.90. The van der Waals surface area contributed by atoms with Crippen LogP contribution in [0.25, 0.3) is 10.2 Å². The highest BCUT2D eigenvalue weighted by Gasteiger charge is 2.16. The van der Waals surface area contributed by atoms with Crippen molar-refractivity contribution in [3.05, 3.63) is 98.5 Å². The molecule has 0 aliphatic carbocycles. The summed E-state index contributed by atoms with van der Waals surface area (Å²) in [5, 5.41) is 13.8. The average Bonchev–Trinajstić information content (AvgIpc) is 3.11. The number of nitrogens with one attached hydrogen (secondary N) is 1. The van der Waals surface area contributed by atoms with Gasteiger partial charge in [-0.2, -0.15) is 0 Å². The van der Waals surface area contributed by atoms with E-state index in [2.05, 4.69) is 10.3 Å². The quantitative estimate of drug-likeness (QED) is 0.402. The number of thiazole rings is 1. The van der Waals surface area contributed by atoms with Crippen molar-refractivity contribution < 1.29 is 9.72 Å². The first-order chi connectivity index (χ1) is 14.0. The molecule has 0 aliphatic heterocycles. The lowest BCUT2D eigenvalue weighted by atomic mass is 10.2. The van der Waals surface area contributed by atoms with Crippen LogP contribution in [0.1, 0.15) is 15.9 Å². The Kier molecular flexibility index (Phi) is 4.88. The summed E-state index contributed by atoms with van der Waals surface area (Å²) in [5.74, 6) is -0.578. The van der Waals surface area contributed by atoms with Crippen LogP contribution in [0.5, 0.6) is 0 Å². The van der Waals surface area contributed by atoms with Crippen LogP contribution < -0.4 is 10.9 Å². The Bertz CT molecular complexity index is 1280. The molecule has 0 saturated carbocycles. The number of rotatable bonds is 5. The second kappa shape index (κ2) is 7.64. The van der Waals surface area contributed by atoms with Crippen LogP contribution >= 0.6 is 11.3 Å². The van der Waals surface area contributed by atoms with Crippen molar-refractivity contribution in [3.63, 3.8) is 0 Å². The van der Waals surface area contributed by atoms with Gasteiger partial charge in [0.05, 0.1) is 21.7 Å². The number of hydrogen-bond acceptors (Lipinski definition) is 6. The smallest absolute Gasteiger partial charge is 0.270 e. The van der Waals surface area contributed by atoms with Gasteiger partial charge < -0.3 is 4.57 Å². The summed E-state index contributed by atoms with van der Waals surface area (Å²) in [6.07, 6.45) is 1.63. The Morgan fingerprint density at radius 2 is 1.93 bits per heavy atom. The molecule has 2 aromatic carbocycles. The average molecular weight is 406 g/mol. The van der Waals surface area contributed by atoms with Crippen molar-refractivity contribution in [3.8, 4) is 0 Å². The fourth-order valence-electron chi connectivity index (χ4n) is 2.86. The molecule has 144 valence electrons. The molecule has 9 heteroatoms. The zero-order chi connectivity index (χ0) is 20.4. The van der Waals surface area contributed by atoms with Crippen molar-refractivity contribution in [2.75, 3.05) is 5.32 Å². The fourth-order valence-corrected chi connectivity index (χ4v) is 3.75. The van der Waals surface area contributed by atoms with E-state index in [4.69, 9.17) is 0 Å². The number of anilines is 1. The molecule has 8 nitrogen and oxygen atoms in total. The monoisotopic (exact) mass is 406 g/mol. The number of nitro groups is 1. The van der Waals surface area contributed by atoms with Crippen LogP contribution in [-0.2, 0) is 6.54 Å². The molecule has 29 heavy (non-hydrogen) atoms. The number of hydrogen-bond donors (Lipinski definition) is 1. The van der Waals surface area contributed by atoms with Crippen molar-refractivity contribution in [2.24, 2.45) is 0 Å². The van der Waals surface area contributed by atoms with Gasteiger partial charge in [0, 0.05) is 18.3 Å². The molecule has 4 rings (SSSR count). The van der Waals surface area contributed by atoms with Crippen LogP contribution in [0.3, 0.4) is 0 Å². The number of carbonyl (C=O) groups excluding carboxylic acids is 1. The predicted octanol–water partition coefficient (Wildman–Crippen LogP) is 3.67. The molecule has 0 unspecified atom stereocenters. The maximum Gasteiger partial charge on any atom is 0.270 e. The summed E-state index contributed by atoms with van der Waals surface area (Å²) in [6, 6.07) is 16.8. The Balaban J connectivity index is 1.58. The van der Waals surface area contributed by atoms with Crippen LogP contribution in [-0.4, -0.2) is 20.4 Å². The van der Waals surface area contributed by atoms with Crippen LogP contribution in [0.2, 0.25) is 0 Å². The van der Waals surface area contributed by atoms with Crippen molar-refractivity contribution in [1.29, 1.82) is 0 Å². The number of aromatic nitrogens is 2. The van der Waals surface area contributed by atoms with E-state index in [1.54, 1.807) is 12.3 Å². The van der Waals surface area contributed by atoms with Gasteiger partial charge in [0.1, 0.15) is 5.56 Å². The second-order valence-corrected chi connectivity index (χ2v) is 7.25. The third-order valence-corrected chi connectivity index (χ3v) is 5.20. The molecule has 1 amide bonds. The third-order valence-electron chi connectivity index (χ3n) is 4.26. The zero-order valence-corrected chi connectivity index (χ0v) is 15.8. The van der Waals surface area contributed by atoms with Crippen LogP contribution in [0.4, 0.5) is 10.8 Å². The minimum Gasteiger partial charge on any atom is -0.310 e. The zero-order valence-electron chi connectivity index (χ0n) is 14.9. The molecule has 4 aromatic rings. The number of pyridine rings is 1. The van der Waals surface area contributed by atoms with Gasteiger partial charge in [-0.05, 0) is 23.8 Å². The largest absolute Gasteiger partial charge is 0.310 e. The van der Waals surface area contributed by atoms with E-state index in [0.29, 0.717) is 16.8 Å². The maximum absolute atomic E-state index is 12.7. The van der Waals surface area contributed by atoms with Gasteiger partial charge in [0.15, 0.2) is 5.13 Å². The fraction of sp³-hybridized carbons (Fsp3) is 0.0500. The molecule has 0 atom stereocenters. The molecular formula is C20H14N4O4S. The summed E-state index contributed by atoms with van der Waals surface area (Å²) in [7, 11) is 0. The molecule has 0 fully saturated rings. The highest BCUT2D eigenvalue weighted by molar-refractivity contribution is 7.22. The van der Waals surface area contributed by atoms with E-state index in [-0.39, 0.29) is 16.4 Å². The Morgan fingerprint density at radius 1 is 1.14 bits per heavy atom. The summed E-state index contributed by atoms with van der Waals surface area (Å²) in [4.78, 5) is 40.0. The Labute approximate surface area is 168 Å². The van der Waals surface area contributed by atoms with E-state index >= 15 is 0 Å². The second-order valence-electron chi connectivity index (χ2n) is 6.22. The SMILES string of the molecule is O=C(Nc1nc2ccc([N+](=O)[O-])cc2s1)c1cccn(Cc2ccccc2)c1=O. The van der Waals surface area contributed by atoms with Gasteiger partial charge in [0.2, 0.25) is 0 Å². The number of fused-ring (bicyclic) bond motifs is 1. The minimum absolute atomic E-state index is 0.00586. The standard InChI is InChI=1S/C20H14N4O4S/c25-18(22-20-21-16-9-8-14(24(27)28)11-17(16)29-20)15-7-4-10-23(19(15)26)12-13-5-2-1-3-6-13/h1-11H,12H2,(H,21,22,25). The summed E-state index contributed by atoms with van der Waals surface area (Å²) < 4.78 is 2.04. The Morgan fingerprint density at radius 3 is 2.69 bits per heavy atom. The normalized spacial score (nSPS) is 10.8. The number of nitro benzene ring substituents is 1. The predicted molar refractivity (Wildman–Crippen MR) is 110 cm³/mol. The molecular weight excluding hydrogens is 392 g/mol. The number of non-ortho nitro benzene ring substituents is 1. The summed E-state index contributed by atoms with van der Waals surface area (Å²) in [5.41, 5.74) is 1.01. The minimum atomic E-state index is -0.578. The van der Waals surface area contributed by atoms with E-state index in [0.717, 1.165) is 16.9 Å². The van der Waals surface area contributed by atoms with E-state index in [9.17, 15) is 19.7 Å². The number of carbonyl (C=O) groups is 1. The topological polar surface area (TPSA) is 107 Å². The van der Waals surface area contributed by atoms with Crippen LogP contribution in [0.15, 0.2) is 71.7 Å². The first-order valence-corrected chi connectivity index (χ1v) is 9.42. The Hall–Kier alpha value is -3.85. The number of benzene rings is 2. The molecule has 0 spiro atoms. The van der Waals surface area contributed by atoms with Crippen molar-refractivity contribution >= 4 is 38.3 Å². The molecule has 0 radical (unpaired) electrons. The van der Waals surface area contributed by atoms with Gasteiger partial charge in [-0.15, -0.1) is 0 Å². The van der Waals surface area contributed by atoms with Gasteiger partial charge in [-0.1, -0.05) is 41.7 Å². The highest BCUT2D eigenvalue weighted by atomic mass is 32.1. The first kappa shape index (κ1) is 18.5.